The molecule has 1 fully saturated rings. The number of hydrogen-bond donors (Lipinski definition) is 2. The predicted molar refractivity (Wildman–Crippen MR) is 110 cm³/mol. The Balaban J connectivity index is 0.000000828. The van der Waals surface area contributed by atoms with E-state index < -0.39 is 5.97 Å². The first kappa shape index (κ1) is 23.4. The van der Waals surface area contributed by atoms with Crippen molar-refractivity contribution in [3.05, 3.63) is 34.9 Å². The monoisotopic (exact) mass is 396 g/mol. The van der Waals surface area contributed by atoms with E-state index in [-0.39, 0.29) is 11.9 Å². The number of halogens is 1. The number of carboxylic acid groups (broad SMARTS) is 1. The van der Waals surface area contributed by atoms with Crippen LogP contribution in [0.15, 0.2) is 24.3 Å². The normalized spacial score (nSPS) is 16.0. The van der Waals surface area contributed by atoms with E-state index in [1.165, 1.54) is 25.7 Å². The van der Waals surface area contributed by atoms with Crippen LogP contribution in [0.4, 0.5) is 0 Å². The Labute approximate surface area is 168 Å². The number of carbonyl (C=O) groups is 2. The zero-order chi connectivity index (χ0) is 20.2. The van der Waals surface area contributed by atoms with Crippen LogP contribution in [0.1, 0.15) is 64.5 Å². The molecule has 1 aliphatic rings. The van der Waals surface area contributed by atoms with Crippen molar-refractivity contribution in [3.63, 3.8) is 0 Å². The van der Waals surface area contributed by atoms with Gasteiger partial charge in [0.25, 0.3) is 5.97 Å². The van der Waals surface area contributed by atoms with E-state index in [0.29, 0.717) is 18.9 Å². The minimum absolute atomic E-state index is 0.131. The van der Waals surface area contributed by atoms with Crippen molar-refractivity contribution in [2.24, 2.45) is 5.92 Å². The van der Waals surface area contributed by atoms with E-state index in [4.69, 9.17) is 21.5 Å². The zero-order valence-corrected chi connectivity index (χ0v) is 17.5. The maximum absolute atomic E-state index is 12.1. The van der Waals surface area contributed by atoms with Gasteiger partial charge in [0.1, 0.15) is 0 Å². The molecule has 6 heteroatoms. The van der Waals surface area contributed by atoms with E-state index in [1.807, 2.05) is 18.2 Å². The Kier molecular flexibility index (Phi) is 11.1. The number of aliphatic carboxylic acids is 1. The summed E-state index contributed by atoms with van der Waals surface area (Å²) in [7, 11) is 0. The van der Waals surface area contributed by atoms with E-state index >= 15 is 0 Å². The number of nitrogens with zero attached hydrogens (tertiary/aromatic N) is 1. The minimum Gasteiger partial charge on any atom is -0.481 e. The molecule has 1 atom stereocenters. The SMILES string of the molecule is CC(=O)O.CC(C)CC(=O)NCC(c1ccccc1Cl)N1CCCCCC1. The third-order valence-electron chi connectivity index (χ3n) is 4.43. The molecule has 0 spiro atoms. The Morgan fingerprint density at radius 3 is 2.22 bits per heavy atom. The predicted octanol–water partition coefficient (Wildman–Crippen LogP) is 4.51. The van der Waals surface area contributed by atoms with Crippen LogP contribution in [-0.2, 0) is 9.59 Å². The molecule has 1 aromatic carbocycles. The van der Waals surface area contributed by atoms with E-state index in [9.17, 15) is 4.79 Å². The van der Waals surface area contributed by atoms with Gasteiger partial charge in [0.15, 0.2) is 0 Å². The smallest absolute Gasteiger partial charge is 0.300 e. The molecule has 152 valence electrons. The topological polar surface area (TPSA) is 69.6 Å². The van der Waals surface area contributed by atoms with Gasteiger partial charge in [-0.3, -0.25) is 14.5 Å². The van der Waals surface area contributed by atoms with Crippen LogP contribution in [0.5, 0.6) is 0 Å². The molecule has 1 aromatic rings. The molecule has 0 saturated carbocycles. The van der Waals surface area contributed by atoms with Crippen molar-refractivity contribution in [2.45, 2.75) is 58.9 Å². The molecule has 2 rings (SSSR count). The lowest BCUT2D eigenvalue weighted by Gasteiger charge is -2.32. The average Bonchev–Trinajstić information content (AvgIpc) is 2.85. The summed E-state index contributed by atoms with van der Waals surface area (Å²) in [5.41, 5.74) is 1.13. The van der Waals surface area contributed by atoms with Gasteiger partial charge in [-0.2, -0.15) is 0 Å². The fourth-order valence-electron chi connectivity index (χ4n) is 3.24. The van der Waals surface area contributed by atoms with Gasteiger partial charge in [-0.15, -0.1) is 0 Å². The van der Waals surface area contributed by atoms with Crippen molar-refractivity contribution >= 4 is 23.5 Å². The molecule has 1 unspecified atom stereocenters. The van der Waals surface area contributed by atoms with Crippen LogP contribution in [0, 0.1) is 5.92 Å². The van der Waals surface area contributed by atoms with E-state index in [0.717, 1.165) is 30.6 Å². The maximum atomic E-state index is 12.1. The van der Waals surface area contributed by atoms with Crippen molar-refractivity contribution < 1.29 is 14.7 Å². The lowest BCUT2D eigenvalue weighted by Crippen LogP contribution is -2.39. The molecule has 1 amide bonds. The Morgan fingerprint density at radius 1 is 1.15 bits per heavy atom. The molecule has 0 aromatic heterocycles. The van der Waals surface area contributed by atoms with E-state index in [2.05, 4.69) is 30.1 Å². The molecule has 1 saturated heterocycles. The lowest BCUT2D eigenvalue weighted by atomic mass is 10.0. The van der Waals surface area contributed by atoms with Gasteiger partial charge in [-0.1, -0.05) is 56.5 Å². The summed E-state index contributed by atoms with van der Waals surface area (Å²) in [4.78, 5) is 23.6. The number of carbonyl (C=O) groups excluding carboxylic acids is 1. The molecular formula is C21H33ClN2O3. The lowest BCUT2D eigenvalue weighted by molar-refractivity contribution is -0.134. The van der Waals surface area contributed by atoms with Gasteiger partial charge in [-0.25, -0.2) is 0 Å². The Morgan fingerprint density at radius 2 is 1.70 bits per heavy atom. The van der Waals surface area contributed by atoms with Crippen molar-refractivity contribution in [1.82, 2.24) is 10.2 Å². The highest BCUT2D eigenvalue weighted by atomic mass is 35.5. The number of likely N-dealkylation sites (tertiary alicyclic amines) is 1. The van der Waals surface area contributed by atoms with Gasteiger partial charge in [0, 0.05) is 24.9 Å². The first-order valence-electron chi connectivity index (χ1n) is 9.76. The first-order valence-corrected chi connectivity index (χ1v) is 10.1. The molecule has 1 heterocycles. The zero-order valence-electron chi connectivity index (χ0n) is 16.7. The minimum atomic E-state index is -0.833. The quantitative estimate of drug-likeness (QED) is 0.742. The third-order valence-corrected chi connectivity index (χ3v) is 4.78. The second-order valence-corrected chi connectivity index (χ2v) is 7.82. The second kappa shape index (κ2) is 12.7. The Bertz CT molecular complexity index is 581. The maximum Gasteiger partial charge on any atom is 0.300 e. The van der Waals surface area contributed by atoms with Crippen LogP contribution in [0.3, 0.4) is 0 Å². The fraction of sp³-hybridized carbons (Fsp3) is 0.619. The highest BCUT2D eigenvalue weighted by Gasteiger charge is 2.23. The van der Waals surface area contributed by atoms with Crippen molar-refractivity contribution in [1.29, 1.82) is 0 Å². The molecule has 5 nitrogen and oxygen atoms in total. The number of amides is 1. The summed E-state index contributed by atoms with van der Waals surface area (Å²) < 4.78 is 0. The van der Waals surface area contributed by atoms with Crippen LogP contribution < -0.4 is 5.32 Å². The van der Waals surface area contributed by atoms with Gasteiger partial charge in [-0.05, 0) is 43.5 Å². The first-order chi connectivity index (χ1) is 12.8. The molecule has 27 heavy (non-hydrogen) atoms. The van der Waals surface area contributed by atoms with Gasteiger partial charge in [0.2, 0.25) is 5.91 Å². The second-order valence-electron chi connectivity index (χ2n) is 7.41. The highest BCUT2D eigenvalue weighted by Crippen LogP contribution is 2.29. The molecule has 0 bridgehead atoms. The number of benzene rings is 1. The summed E-state index contributed by atoms with van der Waals surface area (Å²) in [5.74, 6) is -0.321. The molecule has 2 N–H and O–H groups in total. The highest BCUT2D eigenvalue weighted by molar-refractivity contribution is 6.31. The third kappa shape index (κ3) is 9.78. The van der Waals surface area contributed by atoms with Crippen LogP contribution >= 0.6 is 11.6 Å². The number of nitrogens with one attached hydrogen (secondary N) is 1. The van der Waals surface area contributed by atoms with Crippen LogP contribution in [-0.4, -0.2) is 41.5 Å². The summed E-state index contributed by atoms with van der Waals surface area (Å²) in [6, 6.07) is 8.19. The van der Waals surface area contributed by atoms with Crippen molar-refractivity contribution in [3.8, 4) is 0 Å². The number of carboxylic acids is 1. The van der Waals surface area contributed by atoms with Gasteiger partial charge in [0.05, 0.1) is 6.04 Å². The Hall–Kier alpha value is -1.59. The summed E-state index contributed by atoms with van der Waals surface area (Å²) in [5, 5.41) is 11.3. The average molecular weight is 397 g/mol. The summed E-state index contributed by atoms with van der Waals surface area (Å²) in [6.07, 6.45) is 5.62. The summed E-state index contributed by atoms with van der Waals surface area (Å²) in [6.45, 7) is 8.01. The van der Waals surface area contributed by atoms with Crippen molar-refractivity contribution in [2.75, 3.05) is 19.6 Å². The molecule has 1 aliphatic heterocycles. The van der Waals surface area contributed by atoms with Crippen LogP contribution in [0.2, 0.25) is 5.02 Å². The number of rotatable bonds is 6. The summed E-state index contributed by atoms with van der Waals surface area (Å²) >= 11 is 6.44. The van der Waals surface area contributed by atoms with Gasteiger partial charge >= 0.3 is 0 Å². The molecular weight excluding hydrogens is 364 g/mol. The molecule has 0 radical (unpaired) electrons. The van der Waals surface area contributed by atoms with Gasteiger partial charge < -0.3 is 10.4 Å². The standard InChI is InChI=1S/C19H29ClN2O.C2H4O2/c1-15(2)13-19(23)21-14-18(16-9-5-6-10-17(16)20)22-11-7-3-4-8-12-22;1-2(3)4/h5-6,9-10,15,18H,3-4,7-8,11-14H2,1-2H3,(H,21,23);1H3,(H,3,4). The fourth-order valence-corrected chi connectivity index (χ4v) is 3.50. The number of hydrogen-bond acceptors (Lipinski definition) is 3. The largest absolute Gasteiger partial charge is 0.481 e. The van der Waals surface area contributed by atoms with E-state index in [1.54, 1.807) is 0 Å². The van der Waals surface area contributed by atoms with Crippen LogP contribution in [0.25, 0.3) is 0 Å². The molecule has 0 aliphatic carbocycles.